The van der Waals surface area contributed by atoms with E-state index >= 15 is 0 Å². The smallest absolute Gasteiger partial charge is 0.252 e. The molecule has 1 N–H and O–H groups in total. The number of rotatable bonds is 3. The number of carbonyl (C=O) groups excluding carboxylic acids is 1. The average molecular weight is 193 g/mol. The summed E-state index contributed by atoms with van der Waals surface area (Å²) >= 11 is 0. The number of hydrogen-bond acceptors (Lipinski definition) is 2. The van der Waals surface area contributed by atoms with Crippen LogP contribution in [0.5, 0.6) is 0 Å². The number of benzene rings is 1. The standard InChI is InChI=1S/C11H15NO2/c1-3-9-4-6-10(7-5-9)12(2)11(14)8-13/h4-7,13H,3,8H2,1-2H3. The van der Waals surface area contributed by atoms with Crippen LogP contribution in [-0.4, -0.2) is 24.7 Å². The SMILES string of the molecule is CCc1ccc(N(C)C(=O)CO)cc1. The van der Waals surface area contributed by atoms with Crippen molar-refractivity contribution >= 4 is 11.6 Å². The summed E-state index contributed by atoms with van der Waals surface area (Å²) in [5.74, 6) is -0.297. The van der Waals surface area contributed by atoms with Crippen molar-refractivity contribution in [3.63, 3.8) is 0 Å². The van der Waals surface area contributed by atoms with Gasteiger partial charge in [0.15, 0.2) is 0 Å². The van der Waals surface area contributed by atoms with Gasteiger partial charge in [-0.1, -0.05) is 19.1 Å². The second kappa shape index (κ2) is 4.77. The van der Waals surface area contributed by atoms with Crippen LogP contribution in [0.15, 0.2) is 24.3 Å². The fourth-order valence-corrected chi connectivity index (χ4v) is 1.21. The van der Waals surface area contributed by atoms with Crippen molar-refractivity contribution in [2.45, 2.75) is 13.3 Å². The van der Waals surface area contributed by atoms with Crippen LogP contribution in [0.1, 0.15) is 12.5 Å². The highest BCUT2D eigenvalue weighted by Crippen LogP contribution is 2.13. The van der Waals surface area contributed by atoms with Crippen LogP contribution in [0, 0.1) is 0 Å². The molecule has 0 aliphatic heterocycles. The van der Waals surface area contributed by atoms with E-state index in [1.165, 1.54) is 10.5 Å². The molecule has 0 aliphatic rings. The Bertz CT molecular complexity index is 306. The summed E-state index contributed by atoms with van der Waals surface area (Å²) in [5.41, 5.74) is 2.04. The molecule has 0 unspecified atom stereocenters. The normalized spacial score (nSPS) is 9.93. The van der Waals surface area contributed by atoms with Crippen LogP contribution in [0.2, 0.25) is 0 Å². The number of aliphatic hydroxyl groups is 1. The quantitative estimate of drug-likeness (QED) is 0.783. The molecule has 1 rings (SSSR count). The summed E-state index contributed by atoms with van der Waals surface area (Å²) in [6.45, 7) is 1.63. The number of hydrogen-bond donors (Lipinski definition) is 1. The van der Waals surface area contributed by atoms with Gasteiger partial charge in [-0.05, 0) is 24.1 Å². The number of anilines is 1. The largest absolute Gasteiger partial charge is 0.387 e. The second-order valence-corrected chi connectivity index (χ2v) is 3.13. The van der Waals surface area contributed by atoms with Gasteiger partial charge < -0.3 is 10.0 Å². The maximum Gasteiger partial charge on any atom is 0.252 e. The fraction of sp³-hybridized carbons (Fsp3) is 0.364. The molecule has 0 fully saturated rings. The minimum absolute atomic E-state index is 0.297. The molecule has 0 saturated heterocycles. The van der Waals surface area contributed by atoms with Gasteiger partial charge in [0.1, 0.15) is 6.61 Å². The van der Waals surface area contributed by atoms with Gasteiger partial charge in [-0.25, -0.2) is 0 Å². The maximum absolute atomic E-state index is 11.1. The lowest BCUT2D eigenvalue weighted by Crippen LogP contribution is -2.28. The number of carbonyl (C=O) groups is 1. The van der Waals surface area contributed by atoms with Gasteiger partial charge in [-0.2, -0.15) is 0 Å². The molecule has 0 bridgehead atoms. The molecule has 0 atom stereocenters. The van der Waals surface area contributed by atoms with E-state index in [0.717, 1.165) is 12.1 Å². The Labute approximate surface area is 84.0 Å². The van der Waals surface area contributed by atoms with Gasteiger partial charge in [0.2, 0.25) is 0 Å². The third-order valence-electron chi connectivity index (χ3n) is 2.24. The van der Waals surface area contributed by atoms with Crippen molar-refractivity contribution < 1.29 is 9.90 Å². The highest BCUT2D eigenvalue weighted by Gasteiger charge is 2.08. The van der Waals surface area contributed by atoms with E-state index in [4.69, 9.17) is 5.11 Å². The molecule has 1 amide bonds. The van der Waals surface area contributed by atoms with Gasteiger partial charge in [0, 0.05) is 12.7 Å². The highest BCUT2D eigenvalue weighted by molar-refractivity contribution is 5.93. The van der Waals surface area contributed by atoms with Gasteiger partial charge in [0.05, 0.1) is 0 Å². The number of aliphatic hydroxyl groups excluding tert-OH is 1. The minimum Gasteiger partial charge on any atom is -0.387 e. The number of amides is 1. The first kappa shape index (κ1) is 10.7. The summed E-state index contributed by atoms with van der Waals surface area (Å²) in [5, 5.41) is 8.68. The molecule has 0 heterocycles. The number of aryl methyl sites for hydroxylation is 1. The van der Waals surface area contributed by atoms with Gasteiger partial charge in [0.25, 0.3) is 5.91 Å². The molecule has 1 aromatic rings. The van der Waals surface area contributed by atoms with E-state index < -0.39 is 6.61 Å². The molecule has 0 aromatic heterocycles. The Hall–Kier alpha value is -1.35. The Kier molecular flexibility index (Phi) is 3.65. The second-order valence-electron chi connectivity index (χ2n) is 3.13. The van der Waals surface area contributed by atoms with Crippen molar-refractivity contribution in [3.05, 3.63) is 29.8 Å². The Morgan fingerprint density at radius 3 is 2.36 bits per heavy atom. The Morgan fingerprint density at radius 1 is 1.36 bits per heavy atom. The zero-order valence-corrected chi connectivity index (χ0v) is 8.53. The first-order chi connectivity index (χ1) is 6.69. The van der Waals surface area contributed by atoms with Gasteiger partial charge in [-0.15, -0.1) is 0 Å². The summed E-state index contributed by atoms with van der Waals surface area (Å²) in [7, 11) is 1.65. The first-order valence-electron chi connectivity index (χ1n) is 4.65. The molecular formula is C11H15NO2. The zero-order valence-electron chi connectivity index (χ0n) is 8.53. The maximum atomic E-state index is 11.1. The summed E-state index contributed by atoms with van der Waals surface area (Å²) in [6.07, 6.45) is 0.984. The summed E-state index contributed by atoms with van der Waals surface area (Å²) < 4.78 is 0. The van der Waals surface area contributed by atoms with Crippen LogP contribution in [0.4, 0.5) is 5.69 Å². The lowest BCUT2D eigenvalue weighted by Gasteiger charge is -2.16. The fourth-order valence-electron chi connectivity index (χ4n) is 1.21. The van der Waals surface area contributed by atoms with Gasteiger partial charge in [-0.3, -0.25) is 4.79 Å². The molecule has 14 heavy (non-hydrogen) atoms. The van der Waals surface area contributed by atoms with E-state index in [-0.39, 0.29) is 5.91 Å². The molecule has 3 nitrogen and oxygen atoms in total. The van der Waals surface area contributed by atoms with E-state index in [0.29, 0.717) is 0 Å². The average Bonchev–Trinajstić information content (AvgIpc) is 2.27. The van der Waals surface area contributed by atoms with Crippen LogP contribution in [0.25, 0.3) is 0 Å². The molecule has 1 aromatic carbocycles. The minimum atomic E-state index is -0.452. The van der Waals surface area contributed by atoms with Crippen molar-refractivity contribution in [1.82, 2.24) is 0 Å². The monoisotopic (exact) mass is 193 g/mol. The van der Waals surface area contributed by atoms with E-state index in [1.54, 1.807) is 7.05 Å². The molecule has 3 heteroatoms. The molecule has 0 saturated carbocycles. The van der Waals surface area contributed by atoms with Gasteiger partial charge >= 0.3 is 0 Å². The lowest BCUT2D eigenvalue weighted by atomic mass is 10.1. The molecule has 76 valence electrons. The number of nitrogens with zero attached hydrogens (tertiary/aromatic N) is 1. The van der Waals surface area contributed by atoms with E-state index in [1.807, 2.05) is 24.3 Å². The molecule has 0 spiro atoms. The summed E-state index contributed by atoms with van der Waals surface area (Å²) in [6, 6.07) is 7.73. The predicted molar refractivity (Wildman–Crippen MR) is 56.3 cm³/mol. The van der Waals surface area contributed by atoms with E-state index in [2.05, 4.69) is 6.92 Å². The summed E-state index contributed by atoms with van der Waals surface area (Å²) in [4.78, 5) is 12.6. The zero-order chi connectivity index (χ0) is 10.6. The third kappa shape index (κ3) is 2.33. The number of likely N-dealkylation sites (N-methyl/N-ethyl adjacent to an activating group) is 1. The lowest BCUT2D eigenvalue weighted by molar-refractivity contribution is -0.120. The van der Waals surface area contributed by atoms with Crippen LogP contribution >= 0.6 is 0 Å². The Morgan fingerprint density at radius 2 is 1.93 bits per heavy atom. The van der Waals surface area contributed by atoms with E-state index in [9.17, 15) is 4.79 Å². The van der Waals surface area contributed by atoms with Crippen molar-refractivity contribution in [1.29, 1.82) is 0 Å². The van der Waals surface area contributed by atoms with Crippen LogP contribution < -0.4 is 4.90 Å². The predicted octanol–water partition coefficient (Wildman–Crippen LogP) is 1.20. The molecule has 0 radical (unpaired) electrons. The van der Waals surface area contributed by atoms with Crippen molar-refractivity contribution in [3.8, 4) is 0 Å². The molecule has 0 aliphatic carbocycles. The topological polar surface area (TPSA) is 40.5 Å². The van der Waals surface area contributed by atoms with Crippen LogP contribution in [-0.2, 0) is 11.2 Å². The highest BCUT2D eigenvalue weighted by atomic mass is 16.3. The molecular weight excluding hydrogens is 178 g/mol. The third-order valence-corrected chi connectivity index (χ3v) is 2.24. The first-order valence-corrected chi connectivity index (χ1v) is 4.65. The van der Waals surface area contributed by atoms with Crippen LogP contribution in [0.3, 0.4) is 0 Å². The Balaban J connectivity index is 2.81. The van der Waals surface area contributed by atoms with Crippen molar-refractivity contribution in [2.24, 2.45) is 0 Å². The van der Waals surface area contributed by atoms with Crippen molar-refractivity contribution in [2.75, 3.05) is 18.6 Å².